The van der Waals surface area contributed by atoms with Crippen molar-refractivity contribution in [2.75, 3.05) is 12.4 Å². The van der Waals surface area contributed by atoms with Gasteiger partial charge in [0, 0.05) is 29.8 Å². The second-order valence-electron chi connectivity index (χ2n) is 6.22. The van der Waals surface area contributed by atoms with Crippen molar-refractivity contribution in [2.45, 2.75) is 19.8 Å². The summed E-state index contributed by atoms with van der Waals surface area (Å²) in [7, 11) is 1.36. The second-order valence-corrected chi connectivity index (χ2v) is 6.22. The topological polar surface area (TPSA) is 64.1 Å². The average Bonchev–Trinajstić information content (AvgIpc) is 2.68. The van der Waals surface area contributed by atoms with Gasteiger partial charge in [0.1, 0.15) is 5.56 Å². The Morgan fingerprint density at radius 2 is 1.85 bits per heavy atom. The van der Waals surface area contributed by atoms with Crippen LogP contribution >= 0.6 is 0 Å². The third-order valence-electron chi connectivity index (χ3n) is 4.12. The number of anilines is 2. The quantitative estimate of drug-likeness (QED) is 0.672. The lowest BCUT2D eigenvalue weighted by atomic mass is 10.0. The molecule has 0 atom stereocenters. The maximum Gasteiger partial charge on any atom is 0.341 e. The van der Waals surface area contributed by atoms with Gasteiger partial charge in [-0.05, 0) is 23.6 Å². The van der Waals surface area contributed by atoms with Gasteiger partial charge in [0.15, 0.2) is 0 Å². The van der Waals surface area contributed by atoms with Crippen LogP contribution in [0, 0.1) is 0 Å². The van der Waals surface area contributed by atoms with Gasteiger partial charge in [0.2, 0.25) is 0 Å². The molecule has 0 fully saturated rings. The number of pyridine rings is 2. The van der Waals surface area contributed by atoms with E-state index in [1.165, 1.54) is 13.3 Å². The van der Waals surface area contributed by atoms with E-state index in [4.69, 9.17) is 4.74 Å². The van der Waals surface area contributed by atoms with Gasteiger partial charge >= 0.3 is 5.97 Å². The molecular weight excluding hydrogens is 326 g/mol. The lowest BCUT2D eigenvalue weighted by molar-refractivity contribution is 0.0601. The van der Waals surface area contributed by atoms with Crippen LogP contribution in [0.1, 0.15) is 35.7 Å². The lowest BCUT2D eigenvalue weighted by Gasteiger charge is -2.17. The maximum absolute atomic E-state index is 12.0. The molecule has 1 aromatic carbocycles. The van der Waals surface area contributed by atoms with Crippen LogP contribution < -0.4 is 5.32 Å². The Hall–Kier alpha value is -3.21. The first-order valence-corrected chi connectivity index (χ1v) is 8.45. The molecule has 3 aromatic rings. The number of hydrogen-bond donors (Lipinski definition) is 1. The van der Waals surface area contributed by atoms with Crippen molar-refractivity contribution < 1.29 is 9.53 Å². The summed E-state index contributed by atoms with van der Waals surface area (Å²) >= 11 is 0. The number of nitrogens with zero attached hydrogens (tertiary/aromatic N) is 2. The van der Waals surface area contributed by atoms with Crippen LogP contribution in [-0.4, -0.2) is 23.0 Å². The van der Waals surface area contributed by atoms with Crippen molar-refractivity contribution in [3.63, 3.8) is 0 Å². The van der Waals surface area contributed by atoms with Gasteiger partial charge in [0.25, 0.3) is 0 Å². The van der Waals surface area contributed by atoms with Crippen molar-refractivity contribution in [2.24, 2.45) is 0 Å². The van der Waals surface area contributed by atoms with E-state index in [1.807, 2.05) is 42.6 Å². The van der Waals surface area contributed by atoms with Gasteiger partial charge in [-0.15, -0.1) is 0 Å². The summed E-state index contributed by atoms with van der Waals surface area (Å²) in [6.45, 7) is 4.22. The fourth-order valence-corrected chi connectivity index (χ4v) is 2.72. The van der Waals surface area contributed by atoms with Crippen molar-refractivity contribution >= 4 is 17.3 Å². The molecule has 0 saturated carbocycles. The Morgan fingerprint density at radius 3 is 2.54 bits per heavy atom. The van der Waals surface area contributed by atoms with Crippen LogP contribution in [0.4, 0.5) is 11.4 Å². The highest BCUT2D eigenvalue weighted by Gasteiger charge is 2.15. The molecule has 5 nitrogen and oxygen atoms in total. The zero-order valence-electron chi connectivity index (χ0n) is 15.1. The van der Waals surface area contributed by atoms with E-state index in [2.05, 4.69) is 29.1 Å². The minimum Gasteiger partial charge on any atom is -0.465 e. The van der Waals surface area contributed by atoms with Crippen molar-refractivity contribution in [3.05, 3.63) is 72.2 Å². The zero-order valence-corrected chi connectivity index (χ0v) is 15.1. The minimum atomic E-state index is -0.427. The number of esters is 1. The van der Waals surface area contributed by atoms with Gasteiger partial charge in [-0.25, -0.2) is 4.79 Å². The normalized spacial score (nSPS) is 10.6. The molecule has 0 unspecified atom stereocenters. The molecule has 2 heterocycles. The Labute approximate surface area is 153 Å². The van der Waals surface area contributed by atoms with Crippen LogP contribution in [0.2, 0.25) is 0 Å². The standard InChI is InChI=1S/C21H21N3O2/c1-14(2)16-13-23-19(15-7-5-4-6-8-15)11-20(16)24-18-9-10-22-12-17(18)21(25)26-3/h4-14H,1-3H3,(H,22,23,24). The maximum atomic E-state index is 12.0. The Bertz CT molecular complexity index is 908. The monoisotopic (exact) mass is 347 g/mol. The average molecular weight is 347 g/mol. The summed E-state index contributed by atoms with van der Waals surface area (Å²) in [6, 6.07) is 13.8. The molecule has 0 bridgehead atoms. The van der Waals surface area contributed by atoms with Crippen LogP contribution in [0.3, 0.4) is 0 Å². The third-order valence-corrected chi connectivity index (χ3v) is 4.12. The molecule has 132 valence electrons. The molecule has 0 saturated heterocycles. The van der Waals surface area contributed by atoms with Gasteiger partial charge in [-0.1, -0.05) is 44.2 Å². The summed E-state index contributed by atoms with van der Waals surface area (Å²) in [6.07, 6.45) is 5.03. The van der Waals surface area contributed by atoms with Crippen molar-refractivity contribution in [1.29, 1.82) is 0 Å². The highest BCUT2D eigenvalue weighted by atomic mass is 16.5. The van der Waals surface area contributed by atoms with Gasteiger partial charge < -0.3 is 10.1 Å². The van der Waals surface area contributed by atoms with E-state index in [0.29, 0.717) is 11.3 Å². The van der Waals surface area contributed by atoms with E-state index >= 15 is 0 Å². The summed E-state index contributed by atoms with van der Waals surface area (Å²) in [4.78, 5) is 20.6. The van der Waals surface area contributed by atoms with Gasteiger partial charge in [-0.3, -0.25) is 9.97 Å². The first kappa shape index (κ1) is 17.6. The molecule has 2 aromatic heterocycles. The highest BCUT2D eigenvalue weighted by Crippen LogP contribution is 2.31. The van der Waals surface area contributed by atoms with E-state index < -0.39 is 5.97 Å². The molecule has 3 rings (SSSR count). The minimum absolute atomic E-state index is 0.276. The van der Waals surface area contributed by atoms with Gasteiger partial charge in [-0.2, -0.15) is 0 Å². The molecule has 5 heteroatoms. The zero-order chi connectivity index (χ0) is 18.5. The molecule has 0 spiro atoms. The fourth-order valence-electron chi connectivity index (χ4n) is 2.72. The van der Waals surface area contributed by atoms with E-state index in [-0.39, 0.29) is 5.92 Å². The smallest absolute Gasteiger partial charge is 0.341 e. The SMILES string of the molecule is COC(=O)c1cnccc1Nc1cc(-c2ccccc2)ncc1C(C)C. The van der Waals surface area contributed by atoms with Crippen molar-refractivity contribution in [1.82, 2.24) is 9.97 Å². The third kappa shape index (κ3) is 3.72. The first-order chi connectivity index (χ1) is 12.6. The number of rotatable bonds is 5. The van der Waals surface area contributed by atoms with E-state index in [9.17, 15) is 4.79 Å². The largest absolute Gasteiger partial charge is 0.465 e. The summed E-state index contributed by atoms with van der Waals surface area (Å²) in [5.74, 6) is -0.151. The number of nitrogens with one attached hydrogen (secondary N) is 1. The Kier molecular flexibility index (Phi) is 5.27. The summed E-state index contributed by atoms with van der Waals surface area (Å²) in [5.41, 5.74) is 4.92. The molecule has 0 radical (unpaired) electrons. The van der Waals surface area contributed by atoms with E-state index in [1.54, 1.807) is 12.3 Å². The van der Waals surface area contributed by atoms with Crippen LogP contribution in [-0.2, 0) is 4.74 Å². The van der Waals surface area contributed by atoms with Crippen LogP contribution in [0.5, 0.6) is 0 Å². The highest BCUT2D eigenvalue weighted by molar-refractivity contribution is 5.96. The van der Waals surface area contributed by atoms with E-state index in [0.717, 1.165) is 22.5 Å². The summed E-state index contributed by atoms with van der Waals surface area (Å²) in [5, 5.41) is 3.37. The molecule has 0 aliphatic carbocycles. The number of carbonyl (C=O) groups is 1. The number of hydrogen-bond acceptors (Lipinski definition) is 5. The number of ether oxygens (including phenoxy) is 1. The molecule has 0 amide bonds. The Morgan fingerprint density at radius 1 is 1.08 bits per heavy atom. The number of benzene rings is 1. The van der Waals surface area contributed by atoms with Crippen LogP contribution in [0.25, 0.3) is 11.3 Å². The molecule has 0 aliphatic rings. The molecule has 1 N–H and O–H groups in total. The second kappa shape index (κ2) is 7.78. The Balaban J connectivity index is 2.05. The molecule has 0 aliphatic heterocycles. The van der Waals surface area contributed by atoms with Crippen LogP contribution in [0.15, 0.2) is 61.1 Å². The number of aromatic nitrogens is 2. The van der Waals surface area contributed by atoms with Crippen molar-refractivity contribution in [3.8, 4) is 11.3 Å². The fraction of sp³-hybridized carbons (Fsp3) is 0.190. The number of methoxy groups -OCH3 is 1. The summed E-state index contributed by atoms with van der Waals surface area (Å²) < 4.78 is 4.85. The lowest BCUT2D eigenvalue weighted by Crippen LogP contribution is -2.08. The van der Waals surface area contributed by atoms with Gasteiger partial charge in [0.05, 0.1) is 18.5 Å². The first-order valence-electron chi connectivity index (χ1n) is 8.45. The predicted molar refractivity (Wildman–Crippen MR) is 103 cm³/mol. The predicted octanol–water partition coefficient (Wildman–Crippen LogP) is 4.80. The number of carbonyl (C=O) groups excluding carboxylic acids is 1. The molecule has 26 heavy (non-hydrogen) atoms. The molecular formula is C21H21N3O2.